The number of allylic oxidation sites excluding steroid dienone is 1. The van der Waals surface area contributed by atoms with E-state index in [0.717, 1.165) is 0 Å². The first-order valence-corrected chi connectivity index (χ1v) is 10.1. The summed E-state index contributed by atoms with van der Waals surface area (Å²) in [6.07, 6.45) is 0. The zero-order valence-electron chi connectivity index (χ0n) is 14.9. The fourth-order valence-electron chi connectivity index (χ4n) is 2.92. The van der Waals surface area contributed by atoms with Gasteiger partial charge in [0.1, 0.15) is 5.37 Å². The molecule has 3 heterocycles. The second kappa shape index (κ2) is 6.47. The molecule has 0 bridgehead atoms. The van der Waals surface area contributed by atoms with Crippen molar-refractivity contribution in [3.8, 4) is 0 Å². The number of Topliss-reactive ketones (excluding diaryl/α,β-unsaturated/α-hetero) is 1. The maximum Gasteiger partial charge on any atom is 0.268 e. The molecule has 0 aromatic carbocycles. The Kier molecular flexibility index (Phi) is 4.87. The molecular formula is C15H18BrN5O3S2. The Morgan fingerprint density at radius 2 is 2.12 bits per heavy atom. The van der Waals surface area contributed by atoms with Gasteiger partial charge in [0.15, 0.2) is 11.6 Å². The molecule has 140 valence electrons. The predicted molar refractivity (Wildman–Crippen MR) is 105 cm³/mol. The molecule has 0 spiro atoms. The van der Waals surface area contributed by atoms with Gasteiger partial charge in [-0.2, -0.15) is 0 Å². The van der Waals surface area contributed by atoms with Crippen LogP contribution < -0.4 is 0 Å². The third-order valence-electron chi connectivity index (χ3n) is 4.40. The van der Waals surface area contributed by atoms with Crippen molar-refractivity contribution >= 4 is 62.5 Å². The number of carbonyl (C=O) groups excluding carboxylic acids is 2. The summed E-state index contributed by atoms with van der Waals surface area (Å²) < 4.78 is 6.61. The highest BCUT2D eigenvalue weighted by molar-refractivity contribution is 9.11. The Morgan fingerprint density at radius 1 is 1.46 bits per heavy atom. The lowest BCUT2D eigenvalue weighted by atomic mass is 9.83. The number of carbonyl (C=O) groups is 2. The summed E-state index contributed by atoms with van der Waals surface area (Å²) in [5.41, 5.74) is -1.06. The number of hydrogen-bond acceptors (Lipinski definition) is 8. The SMILES string of the molecule is CO[C@@]1(C=S)C(=O)N2C(C(=O)C(C)(C)C)=C(c3nnnn3C)C(Br)S[C@H]21. The standard InChI is InChI=1S/C15H18BrN5O3S2/c1-14(2,3)9(22)8-7(11-17-18-19-20(11)4)10(16)26-13-15(6-25,24-5)12(23)21(8)13/h6,10,13H,1-5H3/t10?,13-,15-/m0/s1. The van der Waals surface area contributed by atoms with Crippen molar-refractivity contribution in [3.63, 3.8) is 0 Å². The van der Waals surface area contributed by atoms with Crippen LogP contribution in [0.2, 0.25) is 0 Å². The van der Waals surface area contributed by atoms with Crippen LogP contribution in [0.3, 0.4) is 0 Å². The molecule has 1 aromatic heterocycles. The molecule has 0 N–H and O–H groups in total. The number of amides is 1. The number of aryl methyl sites for hydroxylation is 1. The zero-order chi connectivity index (χ0) is 19.4. The number of nitrogens with zero attached hydrogens (tertiary/aromatic N) is 5. The van der Waals surface area contributed by atoms with Gasteiger partial charge in [0.25, 0.3) is 5.91 Å². The molecule has 0 saturated carbocycles. The van der Waals surface area contributed by atoms with E-state index in [1.807, 2.05) is 20.8 Å². The number of fused-ring (bicyclic) bond motifs is 1. The lowest BCUT2D eigenvalue weighted by Gasteiger charge is -2.56. The summed E-state index contributed by atoms with van der Waals surface area (Å²) in [7, 11) is 3.13. The van der Waals surface area contributed by atoms with Gasteiger partial charge >= 0.3 is 0 Å². The van der Waals surface area contributed by atoms with Crippen molar-refractivity contribution in [2.24, 2.45) is 12.5 Å². The van der Waals surface area contributed by atoms with E-state index in [1.165, 1.54) is 33.8 Å². The normalized spacial score (nSPS) is 28.7. The molecule has 1 saturated heterocycles. The fraction of sp³-hybridized carbons (Fsp3) is 0.600. The predicted octanol–water partition coefficient (Wildman–Crippen LogP) is 1.56. The Morgan fingerprint density at radius 3 is 2.58 bits per heavy atom. The first kappa shape index (κ1) is 19.6. The molecule has 1 fully saturated rings. The first-order chi connectivity index (χ1) is 12.1. The highest BCUT2D eigenvalue weighted by atomic mass is 79.9. The highest BCUT2D eigenvalue weighted by Crippen LogP contribution is 2.54. The number of alkyl halides is 1. The second-order valence-electron chi connectivity index (χ2n) is 7.06. The number of thioether (sulfide) groups is 1. The van der Waals surface area contributed by atoms with Crippen LogP contribution in [0.25, 0.3) is 5.57 Å². The van der Waals surface area contributed by atoms with Crippen molar-refractivity contribution in [1.82, 2.24) is 25.1 Å². The number of ether oxygens (including phenoxy) is 1. The number of ketones is 1. The maximum atomic E-state index is 13.3. The van der Waals surface area contributed by atoms with Crippen LogP contribution in [0.5, 0.6) is 0 Å². The third kappa shape index (κ3) is 2.59. The molecule has 11 heteroatoms. The summed E-state index contributed by atoms with van der Waals surface area (Å²) in [5, 5.41) is 12.5. The van der Waals surface area contributed by atoms with E-state index in [0.29, 0.717) is 11.4 Å². The molecule has 2 aliphatic heterocycles. The van der Waals surface area contributed by atoms with Gasteiger partial charge in [0.2, 0.25) is 5.60 Å². The summed E-state index contributed by atoms with van der Waals surface area (Å²) >= 11 is 10.1. The minimum atomic E-state index is -1.22. The van der Waals surface area contributed by atoms with E-state index in [-0.39, 0.29) is 21.5 Å². The minimum Gasteiger partial charge on any atom is -0.361 e. The van der Waals surface area contributed by atoms with Crippen molar-refractivity contribution in [1.29, 1.82) is 0 Å². The fourth-order valence-corrected chi connectivity index (χ4v) is 5.74. The number of hydrogen-bond donors (Lipinski definition) is 0. The average molecular weight is 460 g/mol. The minimum absolute atomic E-state index is 0.173. The number of β-lactam (4-membered cyclic amide) rings is 1. The zero-order valence-corrected chi connectivity index (χ0v) is 18.1. The van der Waals surface area contributed by atoms with E-state index in [4.69, 9.17) is 17.0 Å². The number of rotatable bonds is 4. The van der Waals surface area contributed by atoms with Crippen molar-refractivity contribution < 1.29 is 14.3 Å². The summed E-state index contributed by atoms with van der Waals surface area (Å²) in [5.74, 6) is -0.102. The number of aromatic nitrogens is 4. The summed E-state index contributed by atoms with van der Waals surface area (Å²) in [6.45, 7) is 5.42. The van der Waals surface area contributed by atoms with Crippen molar-refractivity contribution in [2.75, 3.05) is 7.11 Å². The van der Waals surface area contributed by atoms with Crippen LogP contribution in [0.15, 0.2) is 5.70 Å². The van der Waals surface area contributed by atoms with Crippen LogP contribution in [0.1, 0.15) is 26.6 Å². The number of methoxy groups -OCH3 is 1. The maximum absolute atomic E-state index is 13.3. The molecule has 1 aromatic rings. The van der Waals surface area contributed by atoms with E-state index < -0.39 is 16.4 Å². The lowest BCUT2D eigenvalue weighted by Crippen LogP contribution is -2.75. The van der Waals surface area contributed by atoms with Gasteiger partial charge in [-0.1, -0.05) is 48.9 Å². The van der Waals surface area contributed by atoms with Crippen LogP contribution in [-0.4, -0.2) is 64.4 Å². The summed E-state index contributed by atoms with van der Waals surface area (Å²) in [4.78, 5) is 27.7. The Labute approximate surface area is 168 Å². The number of thiocarbonyl (C=S) groups is 1. The summed E-state index contributed by atoms with van der Waals surface area (Å²) in [6, 6.07) is 0. The van der Waals surface area contributed by atoms with Gasteiger partial charge < -0.3 is 4.74 Å². The van der Waals surface area contributed by atoms with Gasteiger partial charge in [0, 0.05) is 30.5 Å². The van der Waals surface area contributed by atoms with Crippen molar-refractivity contribution in [3.05, 3.63) is 11.5 Å². The van der Waals surface area contributed by atoms with Crippen molar-refractivity contribution in [2.45, 2.75) is 35.9 Å². The Balaban J connectivity index is 2.24. The van der Waals surface area contributed by atoms with Crippen LogP contribution in [0.4, 0.5) is 0 Å². The Hall–Kier alpha value is -1.17. The monoisotopic (exact) mass is 459 g/mol. The van der Waals surface area contributed by atoms with Gasteiger partial charge in [0.05, 0.1) is 9.86 Å². The van der Waals surface area contributed by atoms with E-state index in [9.17, 15) is 9.59 Å². The van der Waals surface area contributed by atoms with Gasteiger partial charge in [-0.25, -0.2) is 4.68 Å². The molecule has 0 aliphatic carbocycles. The second-order valence-corrected chi connectivity index (χ2v) is 10.0. The molecule has 1 unspecified atom stereocenters. The smallest absolute Gasteiger partial charge is 0.268 e. The Bertz CT molecular complexity index is 833. The van der Waals surface area contributed by atoms with Crippen LogP contribution >= 0.6 is 39.9 Å². The number of halogens is 1. The van der Waals surface area contributed by atoms with Gasteiger partial charge in [-0.05, 0) is 10.4 Å². The van der Waals surface area contributed by atoms with Crippen LogP contribution in [0, 0.1) is 5.41 Å². The molecular weight excluding hydrogens is 442 g/mol. The molecule has 3 atom stereocenters. The van der Waals surface area contributed by atoms with Gasteiger partial charge in [-0.3, -0.25) is 14.5 Å². The highest BCUT2D eigenvalue weighted by Gasteiger charge is 2.66. The molecule has 2 aliphatic rings. The third-order valence-corrected chi connectivity index (χ3v) is 7.14. The molecule has 26 heavy (non-hydrogen) atoms. The van der Waals surface area contributed by atoms with E-state index >= 15 is 0 Å². The number of tetrazole rings is 1. The van der Waals surface area contributed by atoms with Gasteiger partial charge in [-0.15, -0.1) is 16.9 Å². The molecule has 8 nitrogen and oxygen atoms in total. The quantitative estimate of drug-likeness (QED) is 0.380. The first-order valence-electron chi connectivity index (χ1n) is 7.76. The lowest BCUT2D eigenvalue weighted by molar-refractivity contribution is -0.168. The topological polar surface area (TPSA) is 90.2 Å². The van der Waals surface area contributed by atoms with E-state index in [1.54, 1.807) is 7.05 Å². The largest absolute Gasteiger partial charge is 0.361 e. The van der Waals surface area contributed by atoms with E-state index in [2.05, 4.69) is 31.5 Å². The molecule has 0 radical (unpaired) electrons. The van der Waals surface area contributed by atoms with Crippen LogP contribution in [-0.2, 0) is 21.4 Å². The molecule has 1 amide bonds. The molecule has 3 rings (SSSR count). The average Bonchev–Trinajstić information content (AvgIpc) is 2.99.